The number of rotatable bonds is 6. The monoisotopic (exact) mass is 381 g/mol. The maximum atomic E-state index is 9.31. The van der Waals surface area contributed by atoms with Crippen LogP contribution in [0.3, 0.4) is 0 Å². The van der Waals surface area contributed by atoms with E-state index in [0.29, 0.717) is 12.6 Å². The summed E-state index contributed by atoms with van der Waals surface area (Å²) in [4.78, 5) is 2.52. The number of benzene rings is 2. The fourth-order valence-electron chi connectivity index (χ4n) is 3.33. The molecule has 1 atom stereocenters. The Morgan fingerprint density at radius 2 is 1.84 bits per heavy atom. The van der Waals surface area contributed by atoms with Crippen molar-refractivity contribution in [3.8, 4) is 11.5 Å². The Labute approximate surface area is 161 Å². The Kier molecular flexibility index (Phi) is 7.89. The first-order valence-electron chi connectivity index (χ1n) is 8.61. The lowest BCUT2D eigenvalue weighted by atomic mass is 9.95. The molecule has 0 saturated carbocycles. The summed E-state index contributed by atoms with van der Waals surface area (Å²) in [5.74, 6) is 1.06. The number of piperidine rings is 1. The van der Waals surface area contributed by atoms with Crippen LogP contribution in [0.2, 0.25) is 5.02 Å². The van der Waals surface area contributed by atoms with Gasteiger partial charge in [0, 0.05) is 17.6 Å². The van der Waals surface area contributed by atoms with Crippen LogP contribution < -0.4 is 4.74 Å². The first-order chi connectivity index (χ1) is 11.7. The van der Waals surface area contributed by atoms with Crippen LogP contribution in [0, 0.1) is 0 Å². The van der Waals surface area contributed by atoms with Gasteiger partial charge in [-0.05, 0) is 61.7 Å². The Bertz CT molecular complexity index is 648. The van der Waals surface area contributed by atoms with Crippen molar-refractivity contribution in [2.45, 2.75) is 31.7 Å². The first kappa shape index (κ1) is 19.9. The van der Waals surface area contributed by atoms with E-state index in [1.807, 2.05) is 12.1 Å². The summed E-state index contributed by atoms with van der Waals surface area (Å²) < 4.78 is 5.81. The SMILES string of the molecule is Cl.Oc1ccc(OCCN2CCCCC2Cc2ccccc2Cl)cc1. The average Bonchev–Trinajstić information content (AvgIpc) is 2.60. The van der Waals surface area contributed by atoms with Gasteiger partial charge in [-0.3, -0.25) is 4.90 Å². The Morgan fingerprint density at radius 3 is 2.60 bits per heavy atom. The summed E-state index contributed by atoms with van der Waals surface area (Å²) in [7, 11) is 0. The van der Waals surface area contributed by atoms with Gasteiger partial charge in [-0.25, -0.2) is 0 Å². The van der Waals surface area contributed by atoms with Crippen molar-refractivity contribution in [2.24, 2.45) is 0 Å². The summed E-state index contributed by atoms with van der Waals surface area (Å²) in [5, 5.41) is 10.2. The molecule has 1 fully saturated rings. The highest BCUT2D eigenvalue weighted by molar-refractivity contribution is 6.31. The van der Waals surface area contributed by atoms with E-state index >= 15 is 0 Å². The zero-order valence-corrected chi connectivity index (χ0v) is 15.8. The molecule has 3 nitrogen and oxygen atoms in total. The van der Waals surface area contributed by atoms with E-state index in [2.05, 4.69) is 17.0 Å². The van der Waals surface area contributed by atoms with Gasteiger partial charge >= 0.3 is 0 Å². The molecule has 0 aromatic heterocycles. The molecule has 2 aromatic carbocycles. The molecular weight excluding hydrogens is 357 g/mol. The van der Waals surface area contributed by atoms with Gasteiger partial charge in [0.05, 0.1) is 0 Å². The Hall–Kier alpha value is -1.42. The second-order valence-electron chi connectivity index (χ2n) is 6.32. The smallest absolute Gasteiger partial charge is 0.119 e. The van der Waals surface area contributed by atoms with Crippen molar-refractivity contribution in [2.75, 3.05) is 19.7 Å². The van der Waals surface area contributed by atoms with Crippen molar-refractivity contribution in [3.63, 3.8) is 0 Å². The highest BCUT2D eigenvalue weighted by Gasteiger charge is 2.23. The number of ether oxygens (including phenoxy) is 1. The topological polar surface area (TPSA) is 32.7 Å². The number of phenols is 1. The quantitative estimate of drug-likeness (QED) is 0.768. The van der Waals surface area contributed by atoms with Gasteiger partial charge in [0.1, 0.15) is 18.1 Å². The third-order valence-corrected chi connectivity index (χ3v) is 5.02. The fourth-order valence-corrected chi connectivity index (χ4v) is 3.54. The largest absolute Gasteiger partial charge is 0.508 e. The van der Waals surface area contributed by atoms with E-state index in [4.69, 9.17) is 16.3 Å². The summed E-state index contributed by atoms with van der Waals surface area (Å²) >= 11 is 6.32. The molecule has 1 N–H and O–H groups in total. The number of aromatic hydroxyl groups is 1. The van der Waals surface area contributed by atoms with Crippen LogP contribution in [-0.2, 0) is 6.42 Å². The maximum Gasteiger partial charge on any atom is 0.119 e. The van der Waals surface area contributed by atoms with Crippen molar-refractivity contribution in [1.82, 2.24) is 4.90 Å². The van der Waals surface area contributed by atoms with Crippen molar-refractivity contribution < 1.29 is 9.84 Å². The van der Waals surface area contributed by atoms with Crippen molar-refractivity contribution >= 4 is 24.0 Å². The normalized spacial score (nSPS) is 17.7. The lowest BCUT2D eigenvalue weighted by Gasteiger charge is -2.36. The second-order valence-corrected chi connectivity index (χ2v) is 6.73. The van der Waals surface area contributed by atoms with Gasteiger partial charge in [-0.15, -0.1) is 12.4 Å². The van der Waals surface area contributed by atoms with E-state index < -0.39 is 0 Å². The molecule has 1 unspecified atom stereocenters. The van der Waals surface area contributed by atoms with Gasteiger partial charge < -0.3 is 9.84 Å². The summed E-state index contributed by atoms with van der Waals surface area (Å²) in [6.45, 7) is 2.69. The predicted molar refractivity (Wildman–Crippen MR) is 105 cm³/mol. The van der Waals surface area contributed by atoms with Crippen LogP contribution in [-0.4, -0.2) is 35.7 Å². The molecule has 25 heavy (non-hydrogen) atoms. The highest BCUT2D eigenvalue weighted by atomic mass is 35.5. The molecule has 0 radical (unpaired) electrons. The number of hydrogen-bond donors (Lipinski definition) is 1. The molecule has 136 valence electrons. The Morgan fingerprint density at radius 1 is 1.08 bits per heavy atom. The molecule has 0 aliphatic carbocycles. The molecule has 0 spiro atoms. The average molecular weight is 382 g/mol. The molecule has 0 amide bonds. The predicted octanol–water partition coefficient (Wildman–Crippen LogP) is 4.94. The number of phenolic OH excluding ortho intramolecular Hbond substituents is 1. The Balaban J connectivity index is 0.00000225. The summed E-state index contributed by atoms with van der Waals surface area (Å²) in [6.07, 6.45) is 4.74. The molecule has 0 bridgehead atoms. The zero-order chi connectivity index (χ0) is 16.8. The molecule has 1 heterocycles. The minimum atomic E-state index is 0. The highest BCUT2D eigenvalue weighted by Crippen LogP contribution is 2.24. The van der Waals surface area contributed by atoms with Crippen molar-refractivity contribution in [3.05, 3.63) is 59.1 Å². The zero-order valence-electron chi connectivity index (χ0n) is 14.2. The van der Waals surface area contributed by atoms with E-state index in [-0.39, 0.29) is 18.2 Å². The van der Waals surface area contributed by atoms with Crippen molar-refractivity contribution in [1.29, 1.82) is 0 Å². The maximum absolute atomic E-state index is 9.31. The molecule has 3 rings (SSSR count). The molecule has 1 aliphatic heterocycles. The third kappa shape index (κ3) is 5.81. The third-order valence-electron chi connectivity index (χ3n) is 4.65. The van der Waals surface area contributed by atoms with E-state index in [9.17, 15) is 5.11 Å². The fraction of sp³-hybridized carbons (Fsp3) is 0.400. The second kappa shape index (κ2) is 9.91. The number of hydrogen-bond acceptors (Lipinski definition) is 3. The van der Waals surface area contributed by atoms with Crippen LogP contribution in [0.5, 0.6) is 11.5 Å². The molecule has 2 aromatic rings. The molecule has 1 aliphatic rings. The molecule has 5 heteroatoms. The number of halogens is 2. The van der Waals surface area contributed by atoms with Crippen LogP contribution in [0.4, 0.5) is 0 Å². The van der Waals surface area contributed by atoms with Crippen LogP contribution >= 0.6 is 24.0 Å². The number of nitrogens with zero attached hydrogens (tertiary/aromatic N) is 1. The van der Waals surface area contributed by atoms with Crippen LogP contribution in [0.15, 0.2) is 48.5 Å². The van der Waals surface area contributed by atoms with Crippen LogP contribution in [0.25, 0.3) is 0 Å². The molecular formula is C20H25Cl2NO2. The summed E-state index contributed by atoms with van der Waals surface area (Å²) in [6, 6.07) is 15.6. The molecule has 1 saturated heterocycles. The lowest BCUT2D eigenvalue weighted by Crippen LogP contribution is -2.43. The van der Waals surface area contributed by atoms with Gasteiger partial charge in [-0.1, -0.05) is 36.2 Å². The van der Waals surface area contributed by atoms with Gasteiger partial charge in [0.15, 0.2) is 0 Å². The minimum absolute atomic E-state index is 0. The van der Waals surface area contributed by atoms with Gasteiger partial charge in [0.25, 0.3) is 0 Å². The van der Waals surface area contributed by atoms with E-state index in [1.54, 1.807) is 24.3 Å². The lowest BCUT2D eigenvalue weighted by molar-refractivity contribution is 0.122. The standard InChI is InChI=1S/C20H24ClNO2.ClH/c21-20-7-2-1-5-16(20)15-17-6-3-4-12-22(17)13-14-24-19-10-8-18(23)9-11-19;/h1-2,5,7-11,17,23H,3-4,6,12-15H2;1H. The first-order valence-corrected chi connectivity index (χ1v) is 8.99. The van der Waals surface area contributed by atoms with E-state index in [0.717, 1.165) is 30.3 Å². The summed E-state index contributed by atoms with van der Waals surface area (Å²) in [5.41, 5.74) is 1.23. The van der Waals surface area contributed by atoms with Crippen LogP contribution in [0.1, 0.15) is 24.8 Å². The van der Waals surface area contributed by atoms with Gasteiger partial charge in [0.2, 0.25) is 0 Å². The van der Waals surface area contributed by atoms with E-state index in [1.165, 1.54) is 24.8 Å². The van der Waals surface area contributed by atoms with Gasteiger partial charge in [-0.2, -0.15) is 0 Å². The number of likely N-dealkylation sites (tertiary alicyclic amines) is 1. The minimum Gasteiger partial charge on any atom is -0.508 e.